The minimum Gasteiger partial charge on any atom is -0.395 e. The molecule has 2 unspecified atom stereocenters. The lowest BCUT2D eigenvalue weighted by atomic mass is 9.71. The first-order chi connectivity index (χ1) is 18.0. The van der Waals surface area contributed by atoms with E-state index in [4.69, 9.17) is 9.72 Å². The van der Waals surface area contributed by atoms with E-state index in [0.29, 0.717) is 40.8 Å². The SMILES string of the molecule is CC1(C)Cc2nc(C3CCCC3)c(C(O)c3cccc4c3OC(F)(F)O4)c(-c3ccc(F)cc3)c2C(O)C1. The fraction of sp³-hybridized carbons (Fsp3) is 0.433. The van der Waals surface area contributed by atoms with Gasteiger partial charge < -0.3 is 19.7 Å². The van der Waals surface area contributed by atoms with Gasteiger partial charge in [0.2, 0.25) is 0 Å². The Labute approximate surface area is 219 Å². The van der Waals surface area contributed by atoms with Crippen LogP contribution in [0.3, 0.4) is 0 Å². The lowest BCUT2D eigenvalue weighted by molar-refractivity contribution is -0.287. The number of para-hydroxylation sites is 1. The highest BCUT2D eigenvalue weighted by Crippen LogP contribution is 2.52. The van der Waals surface area contributed by atoms with E-state index < -0.39 is 24.3 Å². The number of benzene rings is 2. The third-order valence-electron chi connectivity index (χ3n) is 8.01. The van der Waals surface area contributed by atoms with Crippen LogP contribution in [0.1, 0.15) is 92.2 Å². The molecule has 1 aromatic heterocycles. The molecule has 38 heavy (non-hydrogen) atoms. The van der Waals surface area contributed by atoms with Gasteiger partial charge in [0.15, 0.2) is 11.5 Å². The van der Waals surface area contributed by atoms with Crippen LogP contribution in [0, 0.1) is 11.2 Å². The molecule has 1 saturated carbocycles. The number of nitrogens with zero attached hydrogens (tertiary/aromatic N) is 1. The Morgan fingerprint density at radius 2 is 1.74 bits per heavy atom. The average Bonchev–Trinajstić information content (AvgIpc) is 3.48. The summed E-state index contributed by atoms with van der Waals surface area (Å²) in [7, 11) is 0. The Kier molecular flexibility index (Phi) is 5.96. The molecule has 2 N–H and O–H groups in total. The van der Waals surface area contributed by atoms with Gasteiger partial charge in [-0.15, -0.1) is 8.78 Å². The number of fused-ring (bicyclic) bond motifs is 2. The van der Waals surface area contributed by atoms with Crippen molar-refractivity contribution in [3.63, 3.8) is 0 Å². The van der Waals surface area contributed by atoms with Crippen molar-refractivity contribution in [2.24, 2.45) is 5.41 Å². The normalized spacial score (nSPS) is 22.3. The maximum absolute atomic E-state index is 14.0. The Morgan fingerprint density at radius 1 is 1.03 bits per heavy atom. The quantitative estimate of drug-likeness (QED) is 0.386. The number of hydrogen-bond donors (Lipinski definition) is 2. The van der Waals surface area contributed by atoms with Crippen molar-refractivity contribution in [2.75, 3.05) is 0 Å². The van der Waals surface area contributed by atoms with Crippen LogP contribution in [0.4, 0.5) is 13.2 Å². The van der Waals surface area contributed by atoms with E-state index in [1.165, 1.54) is 30.3 Å². The molecule has 2 atom stereocenters. The van der Waals surface area contributed by atoms with Crippen molar-refractivity contribution in [1.29, 1.82) is 0 Å². The summed E-state index contributed by atoms with van der Waals surface area (Å²) in [4.78, 5) is 5.10. The van der Waals surface area contributed by atoms with Gasteiger partial charge in [-0.1, -0.05) is 51.0 Å². The van der Waals surface area contributed by atoms with Crippen LogP contribution in [0.25, 0.3) is 11.1 Å². The Morgan fingerprint density at radius 3 is 2.45 bits per heavy atom. The van der Waals surface area contributed by atoms with E-state index in [1.54, 1.807) is 12.1 Å². The second-order valence-electron chi connectivity index (χ2n) is 11.4. The first-order valence-corrected chi connectivity index (χ1v) is 13.1. The van der Waals surface area contributed by atoms with Gasteiger partial charge in [-0.05, 0) is 60.4 Å². The summed E-state index contributed by atoms with van der Waals surface area (Å²) < 4.78 is 51.5. The van der Waals surface area contributed by atoms with Gasteiger partial charge in [0.1, 0.15) is 11.9 Å². The summed E-state index contributed by atoms with van der Waals surface area (Å²) in [5.74, 6) is -0.747. The Balaban J connectivity index is 1.64. The highest BCUT2D eigenvalue weighted by Gasteiger charge is 2.46. The van der Waals surface area contributed by atoms with Gasteiger partial charge in [0.25, 0.3) is 0 Å². The molecular formula is C30H30F3NO4. The molecule has 0 amide bonds. The number of pyridine rings is 1. The zero-order valence-corrected chi connectivity index (χ0v) is 21.3. The zero-order chi connectivity index (χ0) is 26.8. The number of rotatable bonds is 4. The van der Waals surface area contributed by atoms with Crippen LogP contribution in [0.2, 0.25) is 0 Å². The van der Waals surface area contributed by atoms with E-state index >= 15 is 0 Å². The monoisotopic (exact) mass is 525 g/mol. The first-order valence-electron chi connectivity index (χ1n) is 13.1. The largest absolute Gasteiger partial charge is 0.586 e. The van der Waals surface area contributed by atoms with Crippen molar-refractivity contribution < 1.29 is 32.9 Å². The molecule has 200 valence electrons. The molecule has 5 nitrogen and oxygen atoms in total. The van der Waals surface area contributed by atoms with Gasteiger partial charge in [0.05, 0.1) is 11.8 Å². The summed E-state index contributed by atoms with van der Waals surface area (Å²) in [6, 6.07) is 10.3. The maximum Gasteiger partial charge on any atom is 0.586 e. The van der Waals surface area contributed by atoms with Gasteiger partial charge in [0, 0.05) is 28.3 Å². The van der Waals surface area contributed by atoms with Gasteiger partial charge >= 0.3 is 6.29 Å². The summed E-state index contributed by atoms with van der Waals surface area (Å²) in [6.45, 7) is 4.17. The number of ether oxygens (including phenoxy) is 2. The second-order valence-corrected chi connectivity index (χ2v) is 11.4. The van der Waals surface area contributed by atoms with Gasteiger partial charge in [-0.25, -0.2) is 4.39 Å². The van der Waals surface area contributed by atoms with Crippen molar-refractivity contribution in [1.82, 2.24) is 4.98 Å². The summed E-state index contributed by atoms with van der Waals surface area (Å²) >= 11 is 0. The van der Waals surface area contributed by atoms with Gasteiger partial charge in [-0.2, -0.15) is 0 Å². The Hall–Kier alpha value is -3.10. The lowest BCUT2D eigenvalue weighted by Crippen LogP contribution is -2.29. The van der Waals surface area contributed by atoms with Crippen LogP contribution >= 0.6 is 0 Å². The Bertz CT molecular complexity index is 1380. The maximum atomic E-state index is 14.0. The number of aliphatic hydroxyl groups is 2. The summed E-state index contributed by atoms with van der Waals surface area (Å²) in [5, 5.41) is 23.4. The van der Waals surface area contributed by atoms with Crippen LogP contribution in [0.5, 0.6) is 11.5 Å². The fourth-order valence-electron chi connectivity index (χ4n) is 6.40. The predicted octanol–water partition coefficient (Wildman–Crippen LogP) is 6.95. The number of halogens is 3. The third kappa shape index (κ3) is 4.33. The van der Waals surface area contributed by atoms with Crippen molar-refractivity contribution in [2.45, 2.75) is 76.8 Å². The topological polar surface area (TPSA) is 71.8 Å². The molecule has 0 spiro atoms. The molecule has 1 fully saturated rings. The number of aliphatic hydroxyl groups excluding tert-OH is 2. The van der Waals surface area contributed by atoms with Crippen molar-refractivity contribution in [3.8, 4) is 22.6 Å². The summed E-state index contributed by atoms with van der Waals surface area (Å²) in [5.41, 5.74) is 3.62. The molecule has 2 aromatic carbocycles. The number of hydrogen-bond acceptors (Lipinski definition) is 5. The van der Waals surface area contributed by atoms with Gasteiger partial charge in [-0.3, -0.25) is 4.98 Å². The third-order valence-corrected chi connectivity index (χ3v) is 8.01. The van der Waals surface area contributed by atoms with E-state index in [2.05, 4.69) is 18.6 Å². The minimum atomic E-state index is -3.85. The molecule has 0 bridgehead atoms. The van der Waals surface area contributed by atoms with Crippen LogP contribution in [-0.4, -0.2) is 21.5 Å². The molecule has 0 saturated heterocycles. The molecule has 1 aliphatic heterocycles. The number of alkyl halides is 2. The smallest absolute Gasteiger partial charge is 0.395 e. The molecule has 2 heterocycles. The predicted molar refractivity (Wildman–Crippen MR) is 135 cm³/mol. The minimum absolute atomic E-state index is 0.0571. The molecule has 8 heteroatoms. The standard InChI is InChI=1S/C30H30F3NO4/c1-29(2)14-20-24(21(35)15-29)23(16-10-12-18(31)13-11-16)25(26(34-20)17-6-3-4-7-17)27(36)19-8-5-9-22-28(19)38-30(32,33)37-22/h5,8-13,17,21,27,35-36H,3-4,6-7,14-15H2,1-2H3. The average molecular weight is 526 g/mol. The first kappa shape index (κ1) is 25.2. The van der Waals surface area contributed by atoms with E-state index in [9.17, 15) is 23.4 Å². The highest BCUT2D eigenvalue weighted by atomic mass is 19.3. The molecule has 2 aliphatic carbocycles. The van der Waals surface area contributed by atoms with E-state index in [0.717, 1.165) is 31.4 Å². The highest BCUT2D eigenvalue weighted by molar-refractivity contribution is 5.75. The van der Waals surface area contributed by atoms with Crippen LogP contribution in [0.15, 0.2) is 42.5 Å². The summed E-state index contributed by atoms with van der Waals surface area (Å²) in [6.07, 6.45) is -1.21. The second kappa shape index (κ2) is 8.99. The molecule has 3 aliphatic rings. The van der Waals surface area contributed by atoms with Crippen LogP contribution in [-0.2, 0) is 6.42 Å². The lowest BCUT2D eigenvalue weighted by Gasteiger charge is -2.37. The molecule has 3 aromatic rings. The van der Waals surface area contributed by atoms with Crippen LogP contribution < -0.4 is 9.47 Å². The van der Waals surface area contributed by atoms with E-state index in [1.807, 2.05) is 0 Å². The number of aromatic nitrogens is 1. The van der Waals surface area contributed by atoms with Crippen molar-refractivity contribution in [3.05, 3.63) is 76.4 Å². The molecule has 6 rings (SSSR count). The van der Waals surface area contributed by atoms with Crippen molar-refractivity contribution >= 4 is 0 Å². The van der Waals surface area contributed by atoms with E-state index in [-0.39, 0.29) is 28.4 Å². The molecular weight excluding hydrogens is 495 g/mol. The fourth-order valence-corrected chi connectivity index (χ4v) is 6.40. The zero-order valence-electron chi connectivity index (χ0n) is 21.3. The molecule has 0 radical (unpaired) electrons.